The van der Waals surface area contributed by atoms with Crippen LogP contribution in [0.15, 0.2) is 28.8 Å². The van der Waals surface area contributed by atoms with Crippen molar-refractivity contribution in [2.45, 2.75) is 18.4 Å². The minimum Gasteiger partial charge on any atom is -0.391 e. The lowest BCUT2D eigenvalue weighted by Crippen LogP contribution is -2.15. The fourth-order valence-electron chi connectivity index (χ4n) is 2.05. The molecule has 100 valence electrons. The topological polar surface area (TPSA) is 59.2 Å². The lowest BCUT2D eigenvalue weighted by molar-refractivity contribution is 0.164. The van der Waals surface area contributed by atoms with Crippen molar-refractivity contribution in [1.29, 1.82) is 0 Å². The van der Waals surface area contributed by atoms with E-state index in [1.807, 2.05) is 24.3 Å². The predicted molar refractivity (Wildman–Crippen MR) is 74.6 cm³/mol. The van der Waals surface area contributed by atoms with Crippen LogP contribution in [-0.4, -0.2) is 32.9 Å². The molecule has 1 N–H and O–H groups in total. The van der Waals surface area contributed by atoms with Crippen molar-refractivity contribution in [3.05, 3.63) is 46.6 Å². The largest absolute Gasteiger partial charge is 0.391 e. The summed E-state index contributed by atoms with van der Waals surface area (Å²) in [6, 6.07) is 7.57. The Morgan fingerprint density at radius 3 is 2.79 bits per heavy atom. The Hall–Kier alpha value is -1.04. The summed E-state index contributed by atoms with van der Waals surface area (Å²) in [7, 11) is 0. The van der Waals surface area contributed by atoms with Gasteiger partial charge in [0.05, 0.1) is 12.0 Å². The Morgan fingerprint density at radius 1 is 1.32 bits per heavy atom. The quantitative estimate of drug-likeness (QED) is 0.943. The molecule has 1 aromatic heterocycles. The molecule has 0 aliphatic carbocycles. The second kappa shape index (κ2) is 5.53. The zero-order valence-corrected chi connectivity index (χ0v) is 11.7. The van der Waals surface area contributed by atoms with Crippen LogP contribution in [0, 0.1) is 0 Å². The van der Waals surface area contributed by atoms with E-state index in [9.17, 15) is 5.11 Å². The smallest absolute Gasteiger partial charge is 0.233 e. The number of benzene rings is 1. The number of hydrogen-bond acceptors (Lipinski definition) is 5. The molecule has 1 fully saturated rings. The van der Waals surface area contributed by atoms with E-state index in [1.165, 1.54) is 0 Å². The highest BCUT2D eigenvalue weighted by molar-refractivity contribution is 7.99. The number of rotatable bonds is 3. The molecule has 1 aliphatic heterocycles. The monoisotopic (exact) mass is 296 g/mol. The summed E-state index contributed by atoms with van der Waals surface area (Å²) in [4.78, 5) is 4.38. The van der Waals surface area contributed by atoms with Crippen LogP contribution >= 0.6 is 23.4 Å². The molecule has 0 radical (unpaired) electrons. The van der Waals surface area contributed by atoms with Crippen LogP contribution in [0.3, 0.4) is 0 Å². The van der Waals surface area contributed by atoms with Gasteiger partial charge >= 0.3 is 0 Å². The van der Waals surface area contributed by atoms with Gasteiger partial charge in [-0.25, -0.2) is 0 Å². The predicted octanol–water partition coefficient (Wildman–Crippen LogP) is 2.51. The van der Waals surface area contributed by atoms with Crippen LogP contribution in [0.25, 0.3) is 0 Å². The fraction of sp³-hybridized carbons (Fsp3) is 0.385. The highest BCUT2D eigenvalue weighted by Crippen LogP contribution is 2.31. The van der Waals surface area contributed by atoms with Gasteiger partial charge in [-0.15, -0.1) is 0 Å². The first kappa shape index (κ1) is 13.0. The second-order valence-electron chi connectivity index (χ2n) is 4.56. The Labute approximate surface area is 120 Å². The summed E-state index contributed by atoms with van der Waals surface area (Å²) in [5, 5.41) is 14.5. The van der Waals surface area contributed by atoms with E-state index in [1.54, 1.807) is 11.8 Å². The highest BCUT2D eigenvalue weighted by Gasteiger charge is 2.31. The Bertz CT molecular complexity index is 558. The number of aromatic nitrogens is 2. The number of aliphatic hydroxyl groups is 1. The maximum atomic E-state index is 9.81. The van der Waals surface area contributed by atoms with Crippen LogP contribution in [0.2, 0.25) is 5.02 Å². The van der Waals surface area contributed by atoms with Crippen molar-refractivity contribution < 1.29 is 9.63 Å². The standard InChI is InChI=1S/C13H13ClN2O2S/c14-9-3-1-8(2-4-9)5-12-15-13(18-16-12)10-6-19-7-11(10)17/h1-4,10-11,17H,5-7H2. The third-order valence-corrected chi connectivity index (χ3v) is 4.55. The van der Waals surface area contributed by atoms with Crippen molar-refractivity contribution >= 4 is 23.4 Å². The molecule has 1 aliphatic rings. The Kier molecular flexibility index (Phi) is 3.77. The first-order chi connectivity index (χ1) is 9.22. The molecule has 2 unspecified atom stereocenters. The van der Waals surface area contributed by atoms with Crippen molar-refractivity contribution in [2.75, 3.05) is 11.5 Å². The van der Waals surface area contributed by atoms with Crippen LogP contribution < -0.4 is 0 Å². The van der Waals surface area contributed by atoms with Crippen molar-refractivity contribution in [3.8, 4) is 0 Å². The molecule has 2 aromatic rings. The van der Waals surface area contributed by atoms with Crippen LogP contribution in [0.5, 0.6) is 0 Å². The molecule has 0 amide bonds. The lowest BCUT2D eigenvalue weighted by Gasteiger charge is -2.06. The molecule has 1 saturated heterocycles. The molecule has 6 heteroatoms. The van der Waals surface area contributed by atoms with Gasteiger partial charge < -0.3 is 9.63 Å². The Morgan fingerprint density at radius 2 is 2.11 bits per heavy atom. The second-order valence-corrected chi connectivity index (χ2v) is 6.07. The van der Waals surface area contributed by atoms with E-state index in [4.69, 9.17) is 16.1 Å². The molecule has 4 nitrogen and oxygen atoms in total. The van der Waals surface area contributed by atoms with Gasteiger partial charge in [-0.3, -0.25) is 0 Å². The number of nitrogens with zero attached hydrogens (tertiary/aromatic N) is 2. The van der Waals surface area contributed by atoms with Crippen molar-refractivity contribution in [1.82, 2.24) is 10.1 Å². The first-order valence-corrected chi connectivity index (χ1v) is 7.58. The summed E-state index contributed by atoms with van der Waals surface area (Å²) in [5.74, 6) is 2.72. The molecule has 2 heterocycles. The molecule has 19 heavy (non-hydrogen) atoms. The van der Waals surface area contributed by atoms with Gasteiger partial charge in [-0.1, -0.05) is 28.9 Å². The van der Waals surface area contributed by atoms with E-state index in [-0.39, 0.29) is 12.0 Å². The molecule has 0 saturated carbocycles. The normalized spacial score (nSPS) is 22.8. The van der Waals surface area contributed by atoms with Gasteiger partial charge in [0.1, 0.15) is 0 Å². The zero-order chi connectivity index (χ0) is 13.2. The van der Waals surface area contributed by atoms with Crippen molar-refractivity contribution in [2.24, 2.45) is 0 Å². The average Bonchev–Trinajstić information content (AvgIpc) is 3.01. The summed E-state index contributed by atoms with van der Waals surface area (Å²) < 4.78 is 5.25. The summed E-state index contributed by atoms with van der Waals surface area (Å²) in [5.41, 5.74) is 1.08. The van der Waals surface area contributed by atoms with E-state index >= 15 is 0 Å². The van der Waals surface area contributed by atoms with Gasteiger partial charge in [0.2, 0.25) is 5.89 Å². The Balaban J connectivity index is 1.72. The number of halogens is 1. The molecule has 0 bridgehead atoms. The SMILES string of the molecule is OC1CSCC1c1nc(Cc2ccc(Cl)cc2)no1. The number of aliphatic hydroxyl groups excluding tert-OH is 1. The van der Waals surface area contributed by atoms with E-state index < -0.39 is 0 Å². The van der Waals surface area contributed by atoms with Gasteiger partial charge in [-0.05, 0) is 17.7 Å². The molecule has 1 aromatic carbocycles. The molecular formula is C13H13ClN2O2S. The van der Waals surface area contributed by atoms with Gasteiger partial charge in [0, 0.05) is 22.9 Å². The molecule has 3 rings (SSSR count). The van der Waals surface area contributed by atoms with Crippen LogP contribution in [0.1, 0.15) is 23.2 Å². The first-order valence-electron chi connectivity index (χ1n) is 6.05. The minimum absolute atomic E-state index is 0.0310. The highest BCUT2D eigenvalue weighted by atomic mass is 35.5. The minimum atomic E-state index is -0.381. The summed E-state index contributed by atoms with van der Waals surface area (Å²) >= 11 is 7.55. The van der Waals surface area contributed by atoms with Crippen molar-refractivity contribution in [3.63, 3.8) is 0 Å². The summed E-state index contributed by atoms with van der Waals surface area (Å²) in [6.07, 6.45) is 0.227. The van der Waals surface area contributed by atoms with Gasteiger partial charge in [0.15, 0.2) is 5.82 Å². The molecular weight excluding hydrogens is 284 g/mol. The fourth-order valence-corrected chi connectivity index (χ4v) is 3.41. The third-order valence-electron chi connectivity index (χ3n) is 3.13. The number of hydrogen-bond donors (Lipinski definition) is 1. The average molecular weight is 297 g/mol. The maximum Gasteiger partial charge on any atom is 0.233 e. The van der Waals surface area contributed by atoms with E-state index in [0.29, 0.717) is 23.2 Å². The van der Waals surface area contributed by atoms with Gasteiger partial charge in [0.25, 0.3) is 0 Å². The lowest BCUT2D eigenvalue weighted by atomic mass is 10.1. The molecule has 0 spiro atoms. The van der Waals surface area contributed by atoms with Gasteiger partial charge in [-0.2, -0.15) is 16.7 Å². The third kappa shape index (κ3) is 2.94. The number of thioether (sulfide) groups is 1. The maximum absolute atomic E-state index is 9.81. The van der Waals surface area contributed by atoms with Crippen LogP contribution in [-0.2, 0) is 6.42 Å². The zero-order valence-electron chi connectivity index (χ0n) is 10.1. The van der Waals surface area contributed by atoms with E-state index in [0.717, 1.165) is 17.1 Å². The molecule has 2 atom stereocenters. The van der Waals surface area contributed by atoms with E-state index in [2.05, 4.69) is 10.1 Å². The van der Waals surface area contributed by atoms with Crippen LogP contribution in [0.4, 0.5) is 0 Å². The summed E-state index contributed by atoms with van der Waals surface area (Å²) in [6.45, 7) is 0.